The van der Waals surface area contributed by atoms with Gasteiger partial charge in [0.05, 0.1) is 20.0 Å². The highest BCUT2D eigenvalue weighted by Crippen LogP contribution is 2.41. The molecule has 1 aliphatic heterocycles. The molecule has 3 aromatic carbocycles. The summed E-state index contributed by atoms with van der Waals surface area (Å²) >= 11 is 1.61. The van der Waals surface area contributed by atoms with Crippen LogP contribution in [0.15, 0.2) is 72.8 Å². The summed E-state index contributed by atoms with van der Waals surface area (Å²) in [5, 5.41) is 2.71. The lowest BCUT2D eigenvalue weighted by Gasteiger charge is -2.24. The molecule has 0 aromatic heterocycles. The SMILES string of the molecule is COc1ccc(NC(=O)COc2ccc(N3C(=O)CSC3c3ccccc3)cc2)cc1OC. The predicted octanol–water partition coefficient (Wildman–Crippen LogP) is 4.50. The summed E-state index contributed by atoms with van der Waals surface area (Å²) in [5.74, 6) is 1.84. The second kappa shape index (κ2) is 10.3. The number of methoxy groups -OCH3 is 2. The van der Waals surface area contributed by atoms with E-state index in [0.29, 0.717) is 28.7 Å². The zero-order valence-corrected chi connectivity index (χ0v) is 19.1. The average Bonchev–Trinajstić information content (AvgIpc) is 3.24. The van der Waals surface area contributed by atoms with Crippen LogP contribution in [0.3, 0.4) is 0 Å². The van der Waals surface area contributed by atoms with Crippen molar-refractivity contribution in [1.29, 1.82) is 0 Å². The Morgan fingerprint density at radius 2 is 1.73 bits per heavy atom. The number of anilines is 2. The Balaban J connectivity index is 1.37. The summed E-state index contributed by atoms with van der Waals surface area (Å²) < 4.78 is 16.1. The molecule has 1 unspecified atom stereocenters. The molecule has 1 aliphatic rings. The monoisotopic (exact) mass is 464 g/mol. The molecule has 0 saturated carbocycles. The normalized spacial score (nSPS) is 15.3. The lowest BCUT2D eigenvalue weighted by molar-refractivity contribution is -0.118. The number of carbonyl (C=O) groups excluding carboxylic acids is 2. The minimum atomic E-state index is -0.304. The molecular formula is C25H24N2O5S. The summed E-state index contributed by atoms with van der Waals surface area (Å²) in [6, 6.07) is 22.3. The first-order chi connectivity index (χ1) is 16.1. The van der Waals surface area contributed by atoms with Crippen molar-refractivity contribution < 1.29 is 23.8 Å². The van der Waals surface area contributed by atoms with Crippen LogP contribution >= 0.6 is 11.8 Å². The molecule has 2 amide bonds. The van der Waals surface area contributed by atoms with Gasteiger partial charge in [0.25, 0.3) is 5.91 Å². The minimum Gasteiger partial charge on any atom is -0.493 e. The third kappa shape index (κ3) is 5.23. The molecule has 4 rings (SSSR count). The van der Waals surface area contributed by atoms with Crippen LogP contribution in [0.5, 0.6) is 17.2 Å². The third-order valence-electron chi connectivity index (χ3n) is 5.10. The topological polar surface area (TPSA) is 77.1 Å². The summed E-state index contributed by atoms with van der Waals surface area (Å²) in [4.78, 5) is 26.6. The van der Waals surface area contributed by atoms with Gasteiger partial charge in [-0.2, -0.15) is 0 Å². The Kier molecular flexibility index (Phi) is 7.04. The molecule has 33 heavy (non-hydrogen) atoms. The van der Waals surface area contributed by atoms with Crippen LogP contribution in [-0.2, 0) is 9.59 Å². The van der Waals surface area contributed by atoms with E-state index < -0.39 is 0 Å². The van der Waals surface area contributed by atoms with Gasteiger partial charge in [-0.3, -0.25) is 14.5 Å². The van der Waals surface area contributed by atoms with Crippen LogP contribution in [-0.4, -0.2) is 38.4 Å². The molecule has 1 N–H and O–H groups in total. The van der Waals surface area contributed by atoms with Gasteiger partial charge < -0.3 is 19.5 Å². The fourth-order valence-corrected chi connectivity index (χ4v) is 4.71. The first-order valence-corrected chi connectivity index (χ1v) is 11.4. The van der Waals surface area contributed by atoms with Crippen molar-refractivity contribution in [1.82, 2.24) is 0 Å². The van der Waals surface area contributed by atoms with Crippen LogP contribution in [0, 0.1) is 0 Å². The van der Waals surface area contributed by atoms with Gasteiger partial charge in [0.15, 0.2) is 18.1 Å². The summed E-state index contributed by atoms with van der Waals surface area (Å²) in [6.45, 7) is -0.154. The number of hydrogen-bond acceptors (Lipinski definition) is 6. The summed E-state index contributed by atoms with van der Waals surface area (Å²) in [6.07, 6.45) is 0. The fourth-order valence-electron chi connectivity index (χ4n) is 3.53. The maximum atomic E-state index is 12.5. The molecule has 0 spiro atoms. The number of rotatable bonds is 8. The van der Waals surface area contributed by atoms with Crippen molar-refractivity contribution >= 4 is 35.0 Å². The molecule has 1 fully saturated rings. The Morgan fingerprint density at radius 1 is 1.00 bits per heavy atom. The van der Waals surface area contributed by atoms with Crippen molar-refractivity contribution in [3.05, 3.63) is 78.4 Å². The van der Waals surface area contributed by atoms with Crippen LogP contribution < -0.4 is 24.4 Å². The van der Waals surface area contributed by atoms with Gasteiger partial charge in [-0.25, -0.2) is 0 Å². The predicted molar refractivity (Wildman–Crippen MR) is 129 cm³/mol. The molecule has 1 atom stereocenters. The van der Waals surface area contributed by atoms with E-state index in [4.69, 9.17) is 14.2 Å². The van der Waals surface area contributed by atoms with E-state index in [1.165, 1.54) is 7.11 Å². The van der Waals surface area contributed by atoms with Crippen molar-refractivity contribution in [2.24, 2.45) is 0 Å². The van der Waals surface area contributed by atoms with Gasteiger partial charge in [0.2, 0.25) is 5.91 Å². The summed E-state index contributed by atoms with van der Waals surface area (Å²) in [5.41, 5.74) is 2.45. The van der Waals surface area contributed by atoms with Gasteiger partial charge >= 0.3 is 0 Å². The number of hydrogen-bond donors (Lipinski definition) is 1. The quantitative estimate of drug-likeness (QED) is 0.529. The second-order valence-electron chi connectivity index (χ2n) is 7.24. The van der Waals surface area contributed by atoms with Crippen molar-refractivity contribution in [2.45, 2.75) is 5.37 Å². The van der Waals surface area contributed by atoms with Crippen molar-refractivity contribution in [2.75, 3.05) is 36.8 Å². The zero-order valence-electron chi connectivity index (χ0n) is 18.3. The van der Waals surface area contributed by atoms with Crippen LogP contribution in [0.4, 0.5) is 11.4 Å². The Labute approximate surface area is 196 Å². The van der Waals surface area contributed by atoms with Crippen LogP contribution in [0.25, 0.3) is 0 Å². The van der Waals surface area contributed by atoms with E-state index in [1.54, 1.807) is 54.1 Å². The van der Waals surface area contributed by atoms with E-state index in [0.717, 1.165) is 11.3 Å². The standard InChI is InChI=1S/C25H24N2O5S/c1-30-21-13-8-18(14-22(21)31-2)26-23(28)15-32-20-11-9-19(10-12-20)27-24(29)16-33-25(27)17-6-4-3-5-7-17/h3-14,25H,15-16H2,1-2H3,(H,26,28). The number of benzene rings is 3. The highest BCUT2D eigenvalue weighted by molar-refractivity contribution is 8.00. The largest absolute Gasteiger partial charge is 0.493 e. The van der Waals surface area contributed by atoms with Gasteiger partial charge in [-0.15, -0.1) is 11.8 Å². The lowest BCUT2D eigenvalue weighted by atomic mass is 10.2. The van der Waals surface area contributed by atoms with Crippen LogP contribution in [0.2, 0.25) is 0 Å². The zero-order chi connectivity index (χ0) is 23.2. The molecule has 3 aromatic rings. The van der Waals surface area contributed by atoms with E-state index in [-0.39, 0.29) is 23.8 Å². The van der Waals surface area contributed by atoms with E-state index >= 15 is 0 Å². The number of ether oxygens (including phenoxy) is 3. The maximum Gasteiger partial charge on any atom is 0.262 e. The molecule has 1 heterocycles. The fraction of sp³-hybridized carbons (Fsp3) is 0.200. The number of carbonyl (C=O) groups is 2. The van der Waals surface area contributed by atoms with Gasteiger partial charge in [-0.05, 0) is 42.0 Å². The smallest absolute Gasteiger partial charge is 0.262 e. The van der Waals surface area contributed by atoms with Crippen molar-refractivity contribution in [3.8, 4) is 17.2 Å². The third-order valence-corrected chi connectivity index (χ3v) is 6.32. The van der Waals surface area contributed by atoms with Gasteiger partial charge in [0.1, 0.15) is 11.1 Å². The highest BCUT2D eigenvalue weighted by atomic mass is 32.2. The first kappa shape index (κ1) is 22.5. The number of thioether (sulfide) groups is 1. The average molecular weight is 465 g/mol. The van der Waals surface area contributed by atoms with Gasteiger partial charge in [-0.1, -0.05) is 30.3 Å². The number of nitrogens with one attached hydrogen (secondary N) is 1. The van der Waals surface area contributed by atoms with Crippen LogP contribution in [0.1, 0.15) is 10.9 Å². The Morgan fingerprint density at radius 3 is 2.42 bits per heavy atom. The lowest BCUT2D eigenvalue weighted by Crippen LogP contribution is -2.27. The van der Waals surface area contributed by atoms with E-state index in [2.05, 4.69) is 5.32 Å². The molecule has 0 aliphatic carbocycles. The molecule has 170 valence electrons. The molecule has 8 heteroatoms. The number of amides is 2. The molecule has 0 bridgehead atoms. The molecule has 7 nitrogen and oxygen atoms in total. The molecular weight excluding hydrogens is 440 g/mol. The van der Waals surface area contributed by atoms with E-state index in [1.807, 2.05) is 42.5 Å². The number of nitrogens with zero attached hydrogens (tertiary/aromatic N) is 1. The maximum absolute atomic E-state index is 12.5. The first-order valence-electron chi connectivity index (χ1n) is 10.3. The highest BCUT2D eigenvalue weighted by Gasteiger charge is 2.33. The summed E-state index contributed by atoms with van der Waals surface area (Å²) in [7, 11) is 3.09. The van der Waals surface area contributed by atoms with Gasteiger partial charge in [0, 0.05) is 17.4 Å². The Hall–Kier alpha value is -3.65. The minimum absolute atomic E-state index is 0.0577. The second-order valence-corrected chi connectivity index (χ2v) is 8.31. The molecule has 1 saturated heterocycles. The van der Waals surface area contributed by atoms with E-state index in [9.17, 15) is 9.59 Å². The van der Waals surface area contributed by atoms with Crippen molar-refractivity contribution in [3.63, 3.8) is 0 Å². The molecule has 0 radical (unpaired) electrons. The Bertz CT molecular complexity index is 1120.